The Morgan fingerprint density at radius 3 is 0.576 bits per heavy atom. The summed E-state index contributed by atoms with van der Waals surface area (Å²) in [6, 6.07) is 70.5. The molecule has 0 saturated heterocycles. The Labute approximate surface area is 673 Å². The molecule has 0 fully saturated rings. The monoisotopic (exact) mass is 1530 g/mol. The van der Waals surface area contributed by atoms with E-state index < -0.39 is 21.2 Å². The van der Waals surface area contributed by atoms with E-state index in [2.05, 4.69) is 91.9 Å². The van der Waals surface area contributed by atoms with Crippen LogP contribution >= 0.6 is 0 Å². The van der Waals surface area contributed by atoms with Gasteiger partial charge >= 0.3 is 0 Å². The number of pyridine rings is 16. The van der Waals surface area contributed by atoms with Crippen LogP contribution in [0.4, 0.5) is 11.4 Å². The highest BCUT2D eigenvalue weighted by atomic mass is 16.6. The number of hydrogen-bond donors (Lipinski definition) is 0. The molecule has 0 radical (unpaired) electrons. The molecule has 556 valence electrons. The molecule has 0 bridgehead atoms. The van der Waals surface area contributed by atoms with Crippen molar-refractivity contribution >= 4 is 11.4 Å². The van der Waals surface area contributed by atoms with Gasteiger partial charge in [-0.05, 0) is 146 Å². The predicted molar refractivity (Wildman–Crippen MR) is 447 cm³/mol. The third kappa shape index (κ3) is 15.0. The maximum absolute atomic E-state index is 13.8. The molecular weight excluding hydrogens is 1470 g/mol. The molecule has 18 aromatic rings. The zero-order chi connectivity index (χ0) is 80.3. The van der Waals surface area contributed by atoms with Crippen molar-refractivity contribution in [3.05, 3.63) is 374 Å². The first-order chi connectivity index (χ1) is 58.1. The summed E-state index contributed by atoms with van der Waals surface area (Å²) in [6.07, 6.45) is 33.0. The van der Waals surface area contributed by atoms with Gasteiger partial charge < -0.3 is 0 Å². The minimum Gasteiger partial charge on any atom is -0.263 e. The predicted octanol–water partition coefficient (Wildman–Crippen LogP) is 19.9. The summed E-state index contributed by atoms with van der Waals surface area (Å²) in [5.41, 5.74) is 15.2. The molecule has 24 heteroatoms. The Hall–Kier alpha value is -17.4. The highest BCUT2D eigenvalue weighted by Gasteiger charge is 2.40. The fourth-order valence-electron chi connectivity index (χ4n) is 14.2. The molecular formula is C94H56N20O4. The van der Waals surface area contributed by atoms with Gasteiger partial charge in [0.25, 0.3) is 11.4 Å². The van der Waals surface area contributed by atoms with E-state index in [-0.39, 0.29) is 44.5 Å². The normalized spacial score (nSPS) is 10.8. The van der Waals surface area contributed by atoms with Gasteiger partial charge in [-0.3, -0.25) is 100.0 Å². The molecule has 18 rings (SSSR count). The molecule has 24 nitrogen and oxygen atoms in total. The number of nitro groups is 2. The van der Waals surface area contributed by atoms with E-state index in [9.17, 15) is 30.8 Å². The number of aromatic nitrogens is 16. The zero-order valence-corrected chi connectivity index (χ0v) is 61.9. The highest BCUT2D eigenvalue weighted by Crippen LogP contribution is 2.56. The molecule has 0 amide bonds. The minimum absolute atomic E-state index is 0.0372. The average Bonchev–Trinajstić information content (AvgIpc) is 0.720. The first kappa shape index (κ1) is 73.4. The molecule has 0 N–H and O–H groups in total. The highest BCUT2D eigenvalue weighted by molar-refractivity contribution is 6.10. The van der Waals surface area contributed by atoms with Crippen molar-refractivity contribution in [1.29, 1.82) is 10.5 Å². The van der Waals surface area contributed by atoms with E-state index in [1.54, 1.807) is 196 Å². The molecule has 0 aliphatic heterocycles. The van der Waals surface area contributed by atoms with E-state index >= 15 is 0 Å². The SMILES string of the molecule is N#Cc1c(-c2cncc(-c3ccccn3)c2)c(-c2cncc(-c3ccccn3)c2)c(C#N)c(-c2cncc(-c3ccccn3)c2)c1-c1cncc(-c2ccccn2)c1.O=[N+]([O-])c1c(-c2ccc(-c3ccccn3)nc2)c(-c2ccc(-c3ccccn3)nc2)c([N+](=O)[O-])c(-c2ccc(-c3ccccn3)nc2)c1-c1ccc(-c2ccccn2)nc1. The summed E-state index contributed by atoms with van der Waals surface area (Å²) in [4.78, 5) is 99.7. The molecule has 0 aliphatic carbocycles. The van der Waals surface area contributed by atoms with Crippen LogP contribution in [0.25, 0.3) is 180 Å². The van der Waals surface area contributed by atoms with Crippen LogP contribution < -0.4 is 0 Å². The van der Waals surface area contributed by atoms with Crippen molar-refractivity contribution in [3.63, 3.8) is 0 Å². The summed E-state index contributed by atoms with van der Waals surface area (Å²) in [5, 5.41) is 50.7. The minimum atomic E-state index is -0.522. The summed E-state index contributed by atoms with van der Waals surface area (Å²) >= 11 is 0. The van der Waals surface area contributed by atoms with Gasteiger partial charge in [-0.2, -0.15) is 10.5 Å². The molecule has 118 heavy (non-hydrogen) atoms. The first-order valence-electron chi connectivity index (χ1n) is 36.7. The van der Waals surface area contributed by atoms with E-state index in [4.69, 9.17) is 0 Å². The van der Waals surface area contributed by atoms with Gasteiger partial charge in [0.1, 0.15) is 12.1 Å². The Morgan fingerprint density at radius 1 is 0.212 bits per heavy atom. The number of nitriles is 2. The smallest absolute Gasteiger partial charge is 0.263 e. The fraction of sp³-hybridized carbons (Fsp3) is 0. The largest absolute Gasteiger partial charge is 0.286 e. The van der Waals surface area contributed by atoms with Gasteiger partial charge in [0.2, 0.25) is 0 Å². The first-order valence-corrected chi connectivity index (χ1v) is 36.7. The molecule has 0 aliphatic rings. The number of nitrogens with zero attached hydrogens (tertiary/aromatic N) is 20. The van der Waals surface area contributed by atoms with E-state index in [0.717, 1.165) is 22.3 Å². The third-order valence-corrected chi connectivity index (χ3v) is 19.4. The number of nitro benzene ring substituents is 2. The average molecular weight is 1530 g/mol. The standard InChI is InChI=1S/C48H28N10.C46H28N10O4/c49-21-39-45(35-17-31(23-51-27-35)41-9-1-5-13-55-41)46(36-18-32(24-52-28-36)42-10-2-6-14-56-42)40(22-50)48(38-20-34(26-54-30-38)44-12-4-8-16-58-44)47(39)37-19-33(25-53-29-37)43-11-3-7-15-57-43;57-55(58)45-41(29-13-17-37(51-25-29)33-9-1-5-21-47-33)42(30-14-18-38(52-26-30)34-10-2-6-22-48-34)46(56(59)60)44(32-16-20-40(54-28-32)36-12-4-8-24-50-36)43(45)31-15-19-39(53-27-31)35-11-3-7-23-49-35/h1-20,23-30H;1-28H. The summed E-state index contributed by atoms with van der Waals surface area (Å²) in [6.45, 7) is 0. The number of benzene rings is 2. The maximum atomic E-state index is 13.8. The lowest BCUT2D eigenvalue weighted by Gasteiger charge is -2.23. The molecule has 2 aromatic carbocycles. The van der Waals surface area contributed by atoms with Crippen LogP contribution in [0.5, 0.6) is 0 Å². The molecule has 16 aromatic heterocycles. The van der Waals surface area contributed by atoms with Crippen LogP contribution in [0.3, 0.4) is 0 Å². The van der Waals surface area contributed by atoms with Crippen molar-refractivity contribution in [2.45, 2.75) is 0 Å². The lowest BCUT2D eigenvalue weighted by molar-refractivity contribution is -0.386. The second-order valence-electron chi connectivity index (χ2n) is 26.5. The van der Waals surface area contributed by atoms with Crippen LogP contribution in [0, 0.1) is 42.9 Å². The van der Waals surface area contributed by atoms with Crippen LogP contribution in [0.2, 0.25) is 0 Å². The van der Waals surface area contributed by atoms with E-state index in [0.29, 0.717) is 124 Å². The van der Waals surface area contributed by atoms with Crippen molar-refractivity contribution in [2.24, 2.45) is 0 Å². The second-order valence-corrected chi connectivity index (χ2v) is 26.5. The Morgan fingerprint density at radius 2 is 0.407 bits per heavy atom. The van der Waals surface area contributed by atoms with Gasteiger partial charge in [-0.1, -0.05) is 72.8 Å². The fourth-order valence-corrected chi connectivity index (χ4v) is 14.2. The van der Waals surface area contributed by atoms with Crippen molar-refractivity contribution in [2.75, 3.05) is 0 Å². The van der Waals surface area contributed by atoms with E-state index in [1.165, 1.54) is 24.8 Å². The number of rotatable bonds is 18. The molecule has 0 unspecified atom stereocenters. The third-order valence-electron chi connectivity index (χ3n) is 19.4. The second kappa shape index (κ2) is 33.3. The molecule has 0 saturated carbocycles. The van der Waals surface area contributed by atoms with Crippen LogP contribution in [0.1, 0.15) is 11.1 Å². The molecule has 0 atom stereocenters. The van der Waals surface area contributed by atoms with Gasteiger partial charge in [-0.15, -0.1) is 0 Å². The van der Waals surface area contributed by atoms with Gasteiger partial charge in [0.15, 0.2) is 0 Å². The molecule has 16 heterocycles. The lowest BCUT2D eigenvalue weighted by atomic mass is 9.78. The van der Waals surface area contributed by atoms with Crippen molar-refractivity contribution < 1.29 is 9.85 Å². The molecule has 0 spiro atoms. The van der Waals surface area contributed by atoms with Crippen molar-refractivity contribution in [3.8, 4) is 192 Å². The van der Waals surface area contributed by atoms with Crippen molar-refractivity contribution in [1.82, 2.24) is 79.7 Å². The lowest BCUT2D eigenvalue weighted by Crippen LogP contribution is -2.06. The van der Waals surface area contributed by atoms with E-state index in [1.807, 2.05) is 121 Å². The summed E-state index contributed by atoms with van der Waals surface area (Å²) in [5.74, 6) is 0. The quantitative estimate of drug-likeness (QED) is 0.0569. The zero-order valence-electron chi connectivity index (χ0n) is 61.9. The summed E-state index contributed by atoms with van der Waals surface area (Å²) in [7, 11) is 0. The maximum Gasteiger partial charge on any atom is 0.286 e. The Kier molecular flexibility index (Phi) is 20.7. The van der Waals surface area contributed by atoms with Gasteiger partial charge in [-0.25, -0.2) is 0 Å². The Balaban J connectivity index is 0.000000169. The van der Waals surface area contributed by atoms with Crippen LogP contribution in [0.15, 0.2) is 342 Å². The topological polar surface area (TPSA) is 340 Å². The Bertz CT molecular complexity index is 6030. The van der Waals surface area contributed by atoms with Gasteiger partial charge in [0, 0.05) is 213 Å². The summed E-state index contributed by atoms with van der Waals surface area (Å²) < 4.78 is 0. The number of hydrogen-bond acceptors (Lipinski definition) is 22. The van der Waals surface area contributed by atoms with Crippen LogP contribution in [-0.4, -0.2) is 89.6 Å². The van der Waals surface area contributed by atoms with Gasteiger partial charge in [0.05, 0.1) is 112 Å². The van der Waals surface area contributed by atoms with Crippen LogP contribution in [-0.2, 0) is 0 Å².